The summed E-state index contributed by atoms with van der Waals surface area (Å²) in [6, 6.07) is 9.17. The number of hydrogen-bond donors (Lipinski definition) is 3. The zero-order valence-corrected chi connectivity index (χ0v) is 11.5. The highest BCUT2D eigenvalue weighted by molar-refractivity contribution is 5.96. The van der Waals surface area contributed by atoms with Crippen LogP contribution in [0.3, 0.4) is 0 Å². The van der Waals surface area contributed by atoms with Crippen LogP contribution in [-0.2, 0) is 0 Å². The van der Waals surface area contributed by atoms with E-state index < -0.39 is 5.91 Å². The molecule has 0 aliphatic carbocycles. The van der Waals surface area contributed by atoms with Gasteiger partial charge in [-0.1, -0.05) is 0 Å². The molecule has 1 aromatic heterocycles. The number of methoxy groups -OCH3 is 1. The summed E-state index contributed by atoms with van der Waals surface area (Å²) >= 11 is 0. The molecule has 0 aliphatic rings. The number of aromatic hydroxyl groups is 1. The zero-order chi connectivity index (χ0) is 15.7. The first-order valence-electron chi connectivity index (χ1n) is 6.35. The predicted octanol–water partition coefficient (Wildman–Crippen LogP) is 2.33. The molecule has 0 radical (unpaired) electrons. The van der Waals surface area contributed by atoms with Crippen molar-refractivity contribution in [2.75, 3.05) is 7.11 Å². The lowest BCUT2D eigenvalue weighted by Gasteiger charge is -2.05. The van der Waals surface area contributed by atoms with Crippen molar-refractivity contribution in [1.82, 2.24) is 10.5 Å². The Kier molecular flexibility index (Phi) is 3.40. The molecule has 3 aromatic rings. The summed E-state index contributed by atoms with van der Waals surface area (Å²) < 4.78 is 10.8. The number of benzene rings is 2. The molecule has 2 aromatic carbocycles. The van der Waals surface area contributed by atoms with Gasteiger partial charge in [-0.25, -0.2) is 10.5 Å². The van der Waals surface area contributed by atoms with Crippen LogP contribution >= 0.6 is 0 Å². The maximum absolute atomic E-state index is 11.4. The van der Waals surface area contributed by atoms with Crippen LogP contribution in [0.2, 0.25) is 0 Å². The van der Waals surface area contributed by atoms with Gasteiger partial charge in [0, 0.05) is 11.6 Å². The van der Waals surface area contributed by atoms with E-state index in [4.69, 9.17) is 14.4 Å². The standard InChI is InChI=1S/C15H12N2O5/c1-21-13-7-9(18)3-4-10(13)15-16-11-6-8(14(19)17-20)2-5-12(11)22-15/h2-7,18,20H,1H3,(H,17,19). The molecule has 0 unspecified atom stereocenters. The highest BCUT2D eigenvalue weighted by Gasteiger charge is 2.15. The average Bonchev–Trinajstić information content (AvgIpc) is 2.96. The Morgan fingerprint density at radius 3 is 2.82 bits per heavy atom. The fourth-order valence-corrected chi connectivity index (χ4v) is 2.11. The minimum Gasteiger partial charge on any atom is -0.508 e. The largest absolute Gasteiger partial charge is 0.508 e. The topological polar surface area (TPSA) is 105 Å². The van der Waals surface area contributed by atoms with Crippen LogP contribution in [0.5, 0.6) is 11.5 Å². The SMILES string of the molecule is COc1cc(O)ccc1-c1nc2cc(C(=O)NO)ccc2o1. The van der Waals surface area contributed by atoms with Gasteiger partial charge in [0.05, 0.1) is 12.7 Å². The van der Waals surface area contributed by atoms with Gasteiger partial charge in [-0.3, -0.25) is 10.0 Å². The molecule has 22 heavy (non-hydrogen) atoms. The van der Waals surface area contributed by atoms with Gasteiger partial charge in [-0.2, -0.15) is 0 Å². The number of rotatable bonds is 3. The molecule has 7 nitrogen and oxygen atoms in total. The lowest BCUT2D eigenvalue weighted by Crippen LogP contribution is -2.18. The first-order valence-corrected chi connectivity index (χ1v) is 6.35. The maximum atomic E-state index is 11.4. The number of oxazole rings is 1. The van der Waals surface area contributed by atoms with Crippen LogP contribution in [0, 0.1) is 0 Å². The Labute approximate surface area is 124 Å². The number of carbonyl (C=O) groups excluding carboxylic acids is 1. The van der Waals surface area contributed by atoms with E-state index in [1.165, 1.54) is 31.4 Å². The monoisotopic (exact) mass is 300 g/mol. The molecule has 3 rings (SSSR count). The molecule has 3 N–H and O–H groups in total. The van der Waals surface area contributed by atoms with Gasteiger partial charge in [0.25, 0.3) is 5.91 Å². The number of nitrogens with zero attached hydrogens (tertiary/aromatic N) is 1. The highest BCUT2D eigenvalue weighted by Crippen LogP contribution is 2.34. The molecule has 1 amide bonds. The van der Waals surface area contributed by atoms with Crippen molar-refractivity contribution in [3.63, 3.8) is 0 Å². The third-order valence-corrected chi connectivity index (χ3v) is 3.17. The van der Waals surface area contributed by atoms with Gasteiger partial charge in [-0.05, 0) is 30.3 Å². The number of phenolic OH excluding ortho intramolecular Hbond substituents is 1. The molecule has 0 aliphatic heterocycles. The molecule has 0 saturated carbocycles. The van der Waals surface area contributed by atoms with E-state index in [9.17, 15) is 9.90 Å². The van der Waals surface area contributed by atoms with Crippen molar-refractivity contribution in [1.29, 1.82) is 0 Å². The summed E-state index contributed by atoms with van der Waals surface area (Å²) in [7, 11) is 1.48. The van der Waals surface area contributed by atoms with E-state index in [1.807, 2.05) is 0 Å². The van der Waals surface area contributed by atoms with Gasteiger partial charge in [-0.15, -0.1) is 0 Å². The summed E-state index contributed by atoms with van der Waals surface area (Å²) in [6.07, 6.45) is 0. The average molecular weight is 300 g/mol. The van der Waals surface area contributed by atoms with Crippen LogP contribution < -0.4 is 10.2 Å². The summed E-state index contributed by atoms with van der Waals surface area (Å²) in [4.78, 5) is 15.7. The second-order valence-electron chi connectivity index (χ2n) is 4.53. The van der Waals surface area contributed by atoms with Crippen molar-refractivity contribution >= 4 is 17.0 Å². The zero-order valence-electron chi connectivity index (χ0n) is 11.5. The number of ether oxygens (including phenoxy) is 1. The van der Waals surface area contributed by atoms with E-state index >= 15 is 0 Å². The Morgan fingerprint density at radius 1 is 1.27 bits per heavy atom. The molecule has 0 saturated heterocycles. The second-order valence-corrected chi connectivity index (χ2v) is 4.53. The number of phenols is 1. The number of hydrogen-bond acceptors (Lipinski definition) is 6. The van der Waals surface area contributed by atoms with E-state index in [2.05, 4.69) is 4.98 Å². The van der Waals surface area contributed by atoms with Crippen molar-refractivity contribution < 1.29 is 24.3 Å². The molecule has 1 heterocycles. The number of nitrogens with one attached hydrogen (secondary N) is 1. The van der Waals surface area contributed by atoms with Crippen LogP contribution in [0.15, 0.2) is 40.8 Å². The van der Waals surface area contributed by atoms with Crippen LogP contribution in [-0.4, -0.2) is 28.3 Å². The molecule has 0 fully saturated rings. The number of hydroxylamine groups is 1. The minimum atomic E-state index is -0.631. The van der Waals surface area contributed by atoms with Crippen molar-refractivity contribution in [3.8, 4) is 23.0 Å². The Balaban J connectivity index is 2.11. The first-order chi connectivity index (χ1) is 10.6. The van der Waals surface area contributed by atoms with Gasteiger partial charge >= 0.3 is 0 Å². The third kappa shape index (κ3) is 2.33. The van der Waals surface area contributed by atoms with Crippen LogP contribution in [0.4, 0.5) is 0 Å². The first kappa shape index (κ1) is 13.9. The van der Waals surface area contributed by atoms with Crippen LogP contribution in [0.25, 0.3) is 22.6 Å². The summed E-state index contributed by atoms with van der Waals surface area (Å²) in [5, 5.41) is 18.1. The second kappa shape index (κ2) is 5.38. The molecular weight excluding hydrogens is 288 g/mol. The molecular formula is C15H12N2O5. The Hall–Kier alpha value is -3.06. The lowest BCUT2D eigenvalue weighted by atomic mass is 10.2. The van der Waals surface area contributed by atoms with E-state index in [-0.39, 0.29) is 11.3 Å². The number of carbonyl (C=O) groups is 1. The fraction of sp³-hybridized carbons (Fsp3) is 0.0667. The van der Waals surface area contributed by atoms with Gasteiger partial charge < -0.3 is 14.3 Å². The van der Waals surface area contributed by atoms with Gasteiger partial charge in [0.15, 0.2) is 5.58 Å². The van der Waals surface area contributed by atoms with Gasteiger partial charge in [0.2, 0.25) is 5.89 Å². The fourth-order valence-electron chi connectivity index (χ4n) is 2.11. The van der Waals surface area contributed by atoms with Crippen LogP contribution in [0.1, 0.15) is 10.4 Å². The maximum Gasteiger partial charge on any atom is 0.274 e. The normalized spacial score (nSPS) is 10.6. The highest BCUT2D eigenvalue weighted by atomic mass is 16.5. The Morgan fingerprint density at radius 2 is 2.09 bits per heavy atom. The van der Waals surface area contributed by atoms with E-state index in [1.54, 1.807) is 17.6 Å². The van der Waals surface area contributed by atoms with Crippen molar-refractivity contribution in [2.24, 2.45) is 0 Å². The van der Waals surface area contributed by atoms with Gasteiger partial charge in [0.1, 0.15) is 17.0 Å². The lowest BCUT2D eigenvalue weighted by molar-refractivity contribution is 0.0706. The molecule has 0 bridgehead atoms. The third-order valence-electron chi connectivity index (χ3n) is 3.17. The molecule has 112 valence electrons. The predicted molar refractivity (Wildman–Crippen MR) is 76.9 cm³/mol. The molecule has 0 atom stereocenters. The summed E-state index contributed by atoms with van der Waals surface area (Å²) in [5.74, 6) is 0.153. The molecule has 0 spiro atoms. The van der Waals surface area contributed by atoms with E-state index in [0.29, 0.717) is 28.3 Å². The summed E-state index contributed by atoms with van der Waals surface area (Å²) in [6.45, 7) is 0. The van der Waals surface area contributed by atoms with Crippen molar-refractivity contribution in [3.05, 3.63) is 42.0 Å². The minimum absolute atomic E-state index is 0.0682. The Bertz CT molecular complexity index is 856. The number of amides is 1. The smallest absolute Gasteiger partial charge is 0.274 e. The molecule has 7 heteroatoms. The number of fused-ring (bicyclic) bond motifs is 1. The quantitative estimate of drug-likeness (QED) is 0.506. The summed E-state index contributed by atoms with van der Waals surface area (Å²) in [5.41, 5.74) is 3.34. The number of aromatic nitrogens is 1. The van der Waals surface area contributed by atoms with E-state index in [0.717, 1.165) is 0 Å². The van der Waals surface area contributed by atoms with Crippen molar-refractivity contribution in [2.45, 2.75) is 0 Å².